The molecule has 1 aliphatic carbocycles. The smallest absolute Gasteiger partial charge is 0.0836 e. The summed E-state index contributed by atoms with van der Waals surface area (Å²) in [7, 11) is 3.89. The highest BCUT2D eigenvalue weighted by Crippen LogP contribution is 2.38. The second-order valence-corrected chi connectivity index (χ2v) is 7.02. The van der Waals surface area contributed by atoms with Crippen LogP contribution in [0.1, 0.15) is 43.7 Å². The lowest BCUT2D eigenvalue weighted by Gasteiger charge is -2.44. The lowest BCUT2D eigenvalue weighted by Crippen LogP contribution is -2.54. The SMILES string of the molecule is CNC(Cc1ccc(C)cc1Cl)C1(OC)CCCC(C)C1. The van der Waals surface area contributed by atoms with Crippen molar-refractivity contribution in [2.75, 3.05) is 14.2 Å². The van der Waals surface area contributed by atoms with Gasteiger partial charge in [0.2, 0.25) is 0 Å². The van der Waals surface area contributed by atoms with Crippen molar-refractivity contribution in [3.63, 3.8) is 0 Å². The summed E-state index contributed by atoms with van der Waals surface area (Å²) in [6.07, 6.45) is 5.72. The fraction of sp³-hybridized carbons (Fsp3) is 0.667. The summed E-state index contributed by atoms with van der Waals surface area (Å²) in [5.41, 5.74) is 2.34. The highest BCUT2D eigenvalue weighted by molar-refractivity contribution is 6.31. The van der Waals surface area contributed by atoms with Crippen LogP contribution in [-0.4, -0.2) is 25.8 Å². The first kappa shape index (κ1) is 16.8. The number of nitrogens with one attached hydrogen (secondary N) is 1. The normalized spacial score (nSPS) is 27.6. The van der Waals surface area contributed by atoms with E-state index in [0.717, 1.165) is 30.2 Å². The van der Waals surface area contributed by atoms with E-state index < -0.39 is 0 Å². The number of aryl methyl sites for hydroxylation is 1. The summed E-state index contributed by atoms with van der Waals surface area (Å²) < 4.78 is 6.03. The second kappa shape index (κ2) is 7.13. The van der Waals surface area contributed by atoms with Gasteiger partial charge in [-0.05, 0) is 56.3 Å². The van der Waals surface area contributed by atoms with Crippen LogP contribution in [0.4, 0.5) is 0 Å². The van der Waals surface area contributed by atoms with Gasteiger partial charge in [0, 0.05) is 18.2 Å². The molecule has 1 aromatic carbocycles. The van der Waals surface area contributed by atoms with Gasteiger partial charge in [-0.2, -0.15) is 0 Å². The lowest BCUT2D eigenvalue weighted by molar-refractivity contribution is -0.0775. The Kier molecular flexibility index (Phi) is 5.70. The summed E-state index contributed by atoms with van der Waals surface area (Å²) in [4.78, 5) is 0. The van der Waals surface area contributed by atoms with E-state index in [-0.39, 0.29) is 5.60 Å². The second-order valence-electron chi connectivity index (χ2n) is 6.61. The molecule has 0 spiro atoms. The average molecular weight is 310 g/mol. The lowest BCUT2D eigenvalue weighted by atomic mass is 9.73. The van der Waals surface area contributed by atoms with Crippen LogP contribution in [-0.2, 0) is 11.2 Å². The predicted molar refractivity (Wildman–Crippen MR) is 90.1 cm³/mol. The van der Waals surface area contributed by atoms with Gasteiger partial charge in [-0.3, -0.25) is 0 Å². The molecule has 2 rings (SSSR count). The van der Waals surface area contributed by atoms with Crippen molar-refractivity contribution in [2.45, 2.75) is 57.6 Å². The van der Waals surface area contributed by atoms with Crippen LogP contribution in [0, 0.1) is 12.8 Å². The molecule has 1 fully saturated rings. The molecule has 1 N–H and O–H groups in total. The molecule has 0 aromatic heterocycles. The number of hydrogen-bond acceptors (Lipinski definition) is 2. The van der Waals surface area contributed by atoms with Gasteiger partial charge >= 0.3 is 0 Å². The van der Waals surface area contributed by atoms with Gasteiger partial charge < -0.3 is 10.1 Å². The Balaban J connectivity index is 2.21. The molecule has 0 amide bonds. The van der Waals surface area contributed by atoms with Crippen LogP contribution in [0.2, 0.25) is 5.02 Å². The third-order valence-corrected chi connectivity index (χ3v) is 5.37. The van der Waals surface area contributed by atoms with Crippen LogP contribution >= 0.6 is 11.6 Å². The maximum Gasteiger partial charge on any atom is 0.0836 e. The number of ether oxygens (including phenoxy) is 1. The molecule has 0 saturated heterocycles. The zero-order chi connectivity index (χ0) is 15.5. The Morgan fingerprint density at radius 3 is 2.81 bits per heavy atom. The summed E-state index contributed by atoms with van der Waals surface area (Å²) in [6.45, 7) is 4.41. The van der Waals surface area contributed by atoms with Crippen LogP contribution in [0.15, 0.2) is 18.2 Å². The Labute approximate surface area is 134 Å². The first-order valence-corrected chi connectivity index (χ1v) is 8.36. The van der Waals surface area contributed by atoms with Gasteiger partial charge in [0.25, 0.3) is 0 Å². The van der Waals surface area contributed by atoms with Gasteiger partial charge in [0.1, 0.15) is 0 Å². The Hall–Kier alpha value is -0.570. The van der Waals surface area contributed by atoms with Crippen molar-refractivity contribution in [1.29, 1.82) is 0 Å². The molecule has 1 aromatic rings. The van der Waals surface area contributed by atoms with E-state index in [0.29, 0.717) is 6.04 Å². The van der Waals surface area contributed by atoms with Crippen LogP contribution in [0.3, 0.4) is 0 Å². The molecule has 1 saturated carbocycles. The molecular formula is C18H28ClNO. The molecule has 0 aliphatic heterocycles. The standard InChI is InChI=1S/C18H28ClNO/c1-13-7-8-15(16(19)10-13)11-17(20-3)18(21-4)9-5-6-14(2)12-18/h7-8,10,14,17,20H,5-6,9,11-12H2,1-4H3. The third-order valence-electron chi connectivity index (χ3n) is 5.01. The maximum atomic E-state index is 6.42. The fourth-order valence-electron chi connectivity index (χ4n) is 3.78. The van der Waals surface area contributed by atoms with Gasteiger partial charge in [-0.1, -0.05) is 43.5 Å². The van der Waals surface area contributed by atoms with Gasteiger partial charge in [-0.15, -0.1) is 0 Å². The van der Waals surface area contributed by atoms with E-state index in [4.69, 9.17) is 16.3 Å². The zero-order valence-corrected chi connectivity index (χ0v) is 14.5. The summed E-state index contributed by atoms with van der Waals surface area (Å²) >= 11 is 6.42. The minimum Gasteiger partial charge on any atom is -0.377 e. The van der Waals surface area contributed by atoms with Crippen molar-refractivity contribution >= 4 is 11.6 Å². The van der Waals surface area contributed by atoms with Gasteiger partial charge in [-0.25, -0.2) is 0 Å². The summed E-state index contributed by atoms with van der Waals surface area (Å²) in [5.74, 6) is 0.725. The number of rotatable bonds is 5. The number of benzene rings is 1. The minimum absolute atomic E-state index is 0.0688. The van der Waals surface area contributed by atoms with Gasteiger partial charge in [0.05, 0.1) is 5.60 Å². The summed E-state index contributed by atoms with van der Waals surface area (Å²) in [5, 5.41) is 4.36. The fourth-order valence-corrected chi connectivity index (χ4v) is 4.09. The van der Waals surface area contributed by atoms with Crippen molar-refractivity contribution in [3.8, 4) is 0 Å². The van der Waals surface area contributed by atoms with Crippen molar-refractivity contribution in [2.24, 2.45) is 5.92 Å². The number of halogens is 1. The molecular weight excluding hydrogens is 282 g/mol. The van der Waals surface area contributed by atoms with E-state index >= 15 is 0 Å². The molecule has 0 heterocycles. The number of hydrogen-bond donors (Lipinski definition) is 1. The van der Waals surface area contributed by atoms with Crippen molar-refractivity contribution < 1.29 is 4.74 Å². The van der Waals surface area contributed by atoms with Crippen LogP contribution < -0.4 is 5.32 Å². The first-order chi connectivity index (χ1) is 10.0. The molecule has 0 bridgehead atoms. The molecule has 1 aliphatic rings. The molecule has 3 heteroatoms. The Morgan fingerprint density at radius 1 is 1.48 bits per heavy atom. The Morgan fingerprint density at radius 2 is 2.24 bits per heavy atom. The molecule has 21 heavy (non-hydrogen) atoms. The van der Waals surface area contributed by atoms with E-state index in [1.165, 1.54) is 24.0 Å². The quantitative estimate of drug-likeness (QED) is 0.872. The summed E-state index contributed by atoms with van der Waals surface area (Å²) in [6, 6.07) is 6.63. The Bertz CT molecular complexity index is 476. The van der Waals surface area contributed by atoms with Crippen molar-refractivity contribution in [1.82, 2.24) is 5.32 Å². The highest BCUT2D eigenvalue weighted by atomic mass is 35.5. The zero-order valence-electron chi connectivity index (χ0n) is 13.7. The molecule has 3 atom stereocenters. The number of methoxy groups -OCH3 is 1. The van der Waals surface area contributed by atoms with E-state index in [9.17, 15) is 0 Å². The van der Waals surface area contributed by atoms with Crippen LogP contribution in [0.25, 0.3) is 0 Å². The van der Waals surface area contributed by atoms with Crippen molar-refractivity contribution in [3.05, 3.63) is 34.3 Å². The molecule has 118 valence electrons. The monoisotopic (exact) mass is 309 g/mol. The third kappa shape index (κ3) is 3.80. The largest absolute Gasteiger partial charge is 0.377 e. The topological polar surface area (TPSA) is 21.3 Å². The minimum atomic E-state index is -0.0688. The number of likely N-dealkylation sites (N-methyl/N-ethyl adjacent to an activating group) is 1. The molecule has 0 radical (unpaired) electrons. The van der Waals surface area contributed by atoms with E-state index in [2.05, 4.69) is 31.3 Å². The highest BCUT2D eigenvalue weighted by Gasteiger charge is 2.41. The van der Waals surface area contributed by atoms with E-state index in [1.54, 1.807) is 0 Å². The average Bonchev–Trinajstić information content (AvgIpc) is 2.46. The van der Waals surface area contributed by atoms with E-state index in [1.807, 2.05) is 20.2 Å². The molecule has 2 nitrogen and oxygen atoms in total. The maximum absolute atomic E-state index is 6.42. The predicted octanol–water partition coefficient (Wildman–Crippen LogP) is 4.37. The first-order valence-electron chi connectivity index (χ1n) is 7.98. The van der Waals surface area contributed by atoms with Crippen LogP contribution in [0.5, 0.6) is 0 Å². The van der Waals surface area contributed by atoms with Gasteiger partial charge in [0.15, 0.2) is 0 Å². The molecule has 3 unspecified atom stereocenters.